The summed E-state index contributed by atoms with van der Waals surface area (Å²) in [6.07, 6.45) is 1.45. The maximum absolute atomic E-state index is 11.3. The van der Waals surface area contributed by atoms with Gasteiger partial charge in [0, 0.05) is 25.2 Å². The van der Waals surface area contributed by atoms with Gasteiger partial charge in [0.1, 0.15) is 12.1 Å². The van der Waals surface area contributed by atoms with E-state index < -0.39 is 0 Å². The second kappa shape index (κ2) is 4.75. The van der Waals surface area contributed by atoms with E-state index in [2.05, 4.69) is 25.8 Å². The van der Waals surface area contributed by atoms with Gasteiger partial charge >= 0.3 is 5.69 Å². The summed E-state index contributed by atoms with van der Waals surface area (Å²) < 4.78 is 6.71. The standard InChI is InChI=1S/C10H14N6O2/c17-10-15-14-9-3-8(13-6-16(9)10)12-4-7-5-18-2-1-11-7/h3,6-7,11-12H,1-2,4-5H2,(H,15,17). The molecule has 3 N–H and O–H groups in total. The van der Waals surface area contributed by atoms with Crippen LogP contribution in [0.3, 0.4) is 0 Å². The summed E-state index contributed by atoms with van der Waals surface area (Å²) in [6.45, 7) is 3.04. The maximum atomic E-state index is 11.3. The average molecular weight is 250 g/mol. The molecule has 96 valence electrons. The van der Waals surface area contributed by atoms with Gasteiger partial charge < -0.3 is 15.4 Å². The first-order valence-corrected chi connectivity index (χ1v) is 5.81. The molecule has 0 bridgehead atoms. The van der Waals surface area contributed by atoms with Crippen LogP contribution in [0.1, 0.15) is 0 Å². The first-order valence-electron chi connectivity index (χ1n) is 5.81. The van der Waals surface area contributed by atoms with Gasteiger partial charge in [-0.1, -0.05) is 0 Å². The van der Waals surface area contributed by atoms with Crippen molar-refractivity contribution in [3.8, 4) is 0 Å². The Hall–Kier alpha value is -1.93. The van der Waals surface area contributed by atoms with E-state index in [0.29, 0.717) is 18.1 Å². The molecule has 1 aliphatic heterocycles. The zero-order valence-electron chi connectivity index (χ0n) is 9.72. The van der Waals surface area contributed by atoms with Gasteiger partial charge in [-0.2, -0.15) is 5.10 Å². The van der Waals surface area contributed by atoms with Crippen LogP contribution in [-0.2, 0) is 4.74 Å². The number of H-pyrrole nitrogens is 1. The lowest BCUT2D eigenvalue weighted by atomic mass is 10.3. The van der Waals surface area contributed by atoms with Gasteiger partial charge in [-0.15, -0.1) is 0 Å². The number of aromatic amines is 1. The smallest absolute Gasteiger partial charge is 0.348 e. The highest BCUT2D eigenvalue weighted by Gasteiger charge is 2.12. The highest BCUT2D eigenvalue weighted by molar-refractivity contribution is 5.48. The Morgan fingerprint density at radius 2 is 2.56 bits per heavy atom. The van der Waals surface area contributed by atoms with Crippen LogP contribution in [0.15, 0.2) is 17.2 Å². The predicted octanol–water partition coefficient (Wildman–Crippen LogP) is -1.18. The summed E-state index contributed by atoms with van der Waals surface area (Å²) in [7, 11) is 0. The first-order chi connectivity index (χ1) is 8.83. The lowest BCUT2D eigenvalue weighted by Gasteiger charge is -2.24. The summed E-state index contributed by atoms with van der Waals surface area (Å²) in [5, 5.41) is 12.8. The summed E-state index contributed by atoms with van der Waals surface area (Å²) >= 11 is 0. The van der Waals surface area contributed by atoms with Gasteiger partial charge in [-0.3, -0.25) is 0 Å². The molecule has 0 radical (unpaired) electrons. The van der Waals surface area contributed by atoms with Gasteiger partial charge in [-0.05, 0) is 0 Å². The van der Waals surface area contributed by atoms with E-state index in [1.54, 1.807) is 6.07 Å². The summed E-state index contributed by atoms with van der Waals surface area (Å²) in [5.41, 5.74) is 0.261. The molecule has 1 fully saturated rings. The van der Waals surface area contributed by atoms with Crippen LogP contribution in [0.5, 0.6) is 0 Å². The van der Waals surface area contributed by atoms with Crippen molar-refractivity contribution in [2.24, 2.45) is 0 Å². The third-order valence-corrected chi connectivity index (χ3v) is 2.84. The molecule has 3 heterocycles. The second-order valence-electron chi connectivity index (χ2n) is 4.14. The molecule has 1 unspecified atom stereocenters. The van der Waals surface area contributed by atoms with Crippen LogP contribution in [0, 0.1) is 0 Å². The molecule has 18 heavy (non-hydrogen) atoms. The van der Waals surface area contributed by atoms with E-state index in [-0.39, 0.29) is 11.7 Å². The quantitative estimate of drug-likeness (QED) is 0.634. The van der Waals surface area contributed by atoms with Crippen LogP contribution in [0.2, 0.25) is 0 Å². The van der Waals surface area contributed by atoms with E-state index in [4.69, 9.17) is 4.74 Å². The average Bonchev–Trinajstić information content (AvgIpc) is 2.79. The summed E-state index contributed by atoms with van der Waals surface area (Å²) in [5.74, 6) is 0.689. The highest BCUT2D eigenvalue weighted by Crippen LogP contribution is 2.04. The molecule has 3 rings (SSSR count). The SMILES string of the molecule is O=c1[nH]nc2cc(NCC3COCCN3)ncn12. The molecule has 0 saturated carbocycles. The van der Waals surface area contributed by atoms with Crippen molar-refractivity contribution in [2.75, 3.05) is 31.6 Å². The molecule has 1 atom stereocenters. The van der Waals surface area contributed by atoms with Gasteiger partial charge in [0.05, 0.1) is 13.2 Å². The Morgan fingerprint density at radius 1 is 1.61 bits per heavy atom. The minimum atomic E-state index is -0.286. The van der Waals surface area contributed by atoms with E-state index >= 15 is 0 Å². The van der Waals surface area contributed by atoms with Gasteiger partial charge in [0.2, 0.25) is 0 Å². The number of nitrogens with zero attached hydrogens (tertiary/aromatic N) is 3. The van der Waals surface area contributed by atoms with Crippen LogP contribution >= 0.6 is 0 Å². The number of hydrogen-bond acceptors (Lipinski definition) is 6. The number of rotatable bonds is 3. The number of hydrogen-bond donors (Lipinski definition) is 3. The number of morpholine rings is 1. The molecule has 0 aliphatic carbocycles. The van der Waals surface area contributed by atoms with E-state index in [9.17, 15) is 4.79 Å². The number of fused-ring (bicyclic) bond motifs is 1. The molecule has 2 aromatic rings. The fourth-order valence-corrected chi connectivity index (χ4v) is 1.89. The van der Waals surface area contributed by atoms with E-state index in [0.717, 1.165) is 19.7 Å². The van der Waals surface area contributed by atoms with Crippen LogP contribution in [-0.4, -0.2) is 51.9 Å². The molecule has 1 aliphatic rings. The third kappa shape index (κ3) is 2.20. The molecular weight excluding hydrogens is 236 g/mol. The van der Waals surface area contributed by atoms with Gasteiger partial charge in [0.15, 0.2) is 5.65 Å². The number of nitrogens with one attached hydrogen (secondary N) is 3. The fourth-order valence-electron chi connectivity index (χ4n) is 1.89. The van der Waals surface area contributed by atoms with Crippen molar-refractivity contribution in [3.05, 3.63) is 22.9 Å². The lowest BCUT2D eigenvalue weighted by molar-refractivity contribution is 0.0806. The van der Waals surface area contributed by atoms with Crippen molar-refractivity contribution in [1.29, 1.82) is 0 Å². The second-order valence-corrected chi connectivity index (χ2v) is 4.14. The summed E-state index contributed by atoms with van der Waals surface area (Å²) in [6, 6.07) is 2.00. The predicted molar refractivity (Wildman–Crippen MR) is 64.7 cm³/mol. The Bertz CT molecular complexity index is 585. The molecular formula is C10H14N6O2. The Labute approximate surface area is 102 Å². The first kappa shape index (κ1) is 11.2. The molecule has 8 heteroatoms. The number of anilines is 1. The van der Waals surface area contributed by atoms with Gasteiger partial charge in [0.25, 0.3) is 0 Å². The molecule has 0 aromatic carbocycles. The van der Waals surface area contributed by atoms with Crippen molar-refractivity contribution in [1.82, 2.24) is 24.9 Å². The van der Waals surface area contributed by atoms with Crippen LogP contribution < -0.4 is 16.3 Å². The maximum Gasteiger partial charge on any atom is 0.348 e. The Kier molecular flexibility index (Phi) is 2.95. The molecule has 1 saturated heterocycles. The zero-order chi connectivity index (χ0) is 12.4. The highest BCUT2D eigenvalue weighted by atomic mass is 16.5. The largest absolute Gasteiger partial charge is 0.378 e. The fraction of sp³-hybridized carbons (Fsp3) is 0.500. The zero-order valence-corrected chi connectivity index (χ0v) is 9.72. The van der Waals surface area contributed by atoms with Crippen molar-refractivity contribution in [3.63, 3.8) is 0 Å². The van der Waals surface area contributed by atoms with Crippen LogP contribution in [0.4, 0.5) is 5.82 Å². The topological polar surface area (TPSA) is 96.3 Å². The minimum absolute atomic E-state index is 0.276. The van der Waals surface area contributed by atoms with E-state index in [1.807, 2.05) is 0 Å². The minimum Gasteiger partial charge on any atom is -0.378 e. The van der Waals surface area contributed by atoms with Crippen molar-refractivity contribution in [2.45, 2.75) is 6.04 Å². The van der Waals surface area contributed by atoms with Crippen molar-refractivity contribution < 1.29 is 4.74 Å². The monoisotopic (exact) mass is 250 g/mol. The third-order valence-electron chi connectivity index (χ3n) is 2.84. The normalized spacial score (nSPS) is 20.1. The Morgan fingerprint density at radius 3 is 3.39 bits per heavy atom. The molecule has 0 spiro atoms. The Balaban J connectivity index is 1.68. The van der Waals surface area contributed by atoms with Crippen molar-refractivity contribution >= 4 is 11.5 Å². The van der Waals surface area contributed by atoms with Crippen LogP contribution in [0.25, 0.3) is 5.65 Å². The summed E-state index contributed by atoms with van der Waals surface area (Å²) in [4.78, 5) is 15.4. The molecule has 2 aromatic heterocycles. The van der Waals surface area contributed by atoms with Gasteiger partial charge in [-0.25, -0.2) is 19.3 Å². The number of ether oxygens (including phenoxy) is 1. The molecule has 0 amide bonds. The molecule has 8 nitrogen and oxygen atoms in total. The lowest BCUT2D eigenvalue weighted by Crippen LogP contribution is -2.45. The van der Waals surface area contributed by atoms with E-state index in [1.165, 1.54) is 10.7 Å². The number of aromatic nitrogens is 4.